The molecule has 4 aromatic heterocycles. The van der Waals surface area contributed by atoms with Crippen LogP contribution in [0.15, 0.2) is 36.5 Å². The predicted molar refractivity (Wildman–Crippen MR) is 160 cm³/mol. The van der Waals surface area contributed by atoms with Gasteiger partial charge < -0.3 is 38.3 Å². The van der Waals surface area contributed by atoms with E-state index in [4.69, 9.17) is 17.2 Å². The zero-order chi connectivity index (χ0) is 31.2. The van der Waals surface area contributed by atoms with Crippen LogP contribution in [0, 0.1) is 0 Å². The molecule has 5 rings (SSSR count). The molecule has 44 heavy (non-hydrogen) atoms. The van der Waals surface area contributed by atoms with E-state index in [1.807, 2.05) is 0 Å². The lowest BCUT2D eigenvalue weighted by molar-refractivity contribution is -0.139. The fourth-order valence-electron chi connectivity index (χ4n) is 4.11. The van der Waals surface area contributed by atoms with Gasteiger partial charge in [-0.3, -0.25) is 9.59 Å². The van der Waals surface area contributed by atoms with Crippen LogP contribution in [-0.4, -0.2) is 76.0 Å². The summed E-state index contributed by atoms with van der Waals surface area (Å²) in [5, 5.41) is 32.4. The molecule has 226 valence electrons. The molecule has 0 bridgehead atoms. The zero-order valence-electron chi connectivity index (χ0n) is 22.8. The van der Waals surface area contributed by atoms with Crippen molar-refractivity contribution in [3.05, 3.63) is 52.7 Å². The molecule has 0 fully saturated rings. The molecule has 19 heteroatoms. The Kier molecular flexibility index (Phi) is 8.65. The van der Waals surface area contributed by atoms with Gasteiger partial charge in [-0.1, -0.05) is 0 Å². The lowest BCUT2D eigenvalue weighted by atomic mass is 10.0. The van der Waals surface area contributed by atoms with Crippen LogP contribution in [-0.2, 0) is 11.3 Å². The number of fused-ring (bicyclic) bond motifs is 1. The number of carboxylic acids is 1. The van der Waals surface area contributed by atoms with Gasteiger partial charge in [-0.15, -0.1) is 21.5 Å². The number of aliphatic carboxylic acids is 1. The van der Waals surface area contributed by atoms with Crippen LogP contribution in [0.1, 0.15) is 38.6 Å². The van der Waals surface area contributed by atoms with Crippen LogP contribution < -0.4 is 33.2 Å². The number of hydrogen-bond donors (Lipinski definition) is 8. The van der Waals surface area contributed by atoms with E-state index < -0.39 is 23.8 Å². The van der Waals surface area contributed by atoms with Crippen molar-refractivity contribution in [3.8, 4) is 11.4 Å². The second-order valence-electron chi connectivity index (χ2n) is 9.32. The number of rotatable bonds is 12. The number of aromatic amines is 1. The van der Waals surface area contributed by atoms with Crippen LogP contribution in [0.3, 0.4) is 0 Å². The predicted octanol–water partition coefficient (Wildman–Crippen LogP) is 0.413. The summed E-state index contributed by atoms with van der Waals surface area (Å²) in [6, 6.07) is 6.77. The molecule has 2 amide bonds. The second-order valence-corrected chi connectivity index (χ2v) is 10.4. The highest BCUT2D eigenvalue weighted by atomic mass is 32.1. The number of tetrazole rings is 1. The van der Waals surface area contributed by atoms with Crippen LogP contribution >= 0.6 is 11.3 Å². The molecule has 0 aliphatic carbocycles. The second kappa shape index (κ2) is 12.9. The molecule has 0 spiro atoms. The molecule has 18 nitrogen and oxygen atoms in total. The first-order chi connectivity index (χ1) is 21.2. The lowest BCUT2D eigenvalue weighted by Gasteiger charge is -2.14. The summed E-state index contributed by atoms with van der Waals surface area (Å²) in [4.78, 5) is 54.2. The SMILES string of the molecule is Nc1ccc(C(=O)NCCC[C@H](NC(=O)c2ccc(NCc3cnc4nc(N)nc(N)c4n3)s2)C(=O)O)c(-c2nn[nH]n2)c1. The van der Waals surface area contributed by atoms with E-state index in [1.54, 1.807) is 24.3 Å². The van der Waals surface area contributed by atoms with Gasteiger partial charge in [0.15, 0.2) is 17.0 Å². The van der Waals surface area contributed by atoms with Crippen LogP contribution in [0.2, 0.25) is 0 Å². The number of amides is 2. The van der Waals surface area contributed by atoms with Crippen molar-refractivity contribution >= 4 is 62.7 Å². The van der Waals surface area contributed by atoms with Crippen LogP contribution in [0.5, 0.6) is 0 Å². The minimum atomic E-state index is -1.20. The number of anilines is 4. The van der Waals surface area contributed by atoms with Gasteiger partial charge in [-0.2, -0.15) is 15.2 Å². The van der Waals surface area contributed by atoms with Crippen molar-refractivity contribution in [2.24, 2.45) is 0 Å². The Morgan fingerprint density at radius 1 is 1.05 bits per heavy atom. The molecule has 0 aliphatic heterocycles. The third kappa shape index (κ3) is 6.90. The van der Waals surface area contributed by atoms with E-state index in [-0.39, 0.29) is 54.7 Å². The Morgan fingerprint density at radius 3 is 2.66 bits per heavy atom. The maximum absolute atomic E-state index is 12.8. The number of H-pyrrole nitrogens is 1. The van der Waals surface area contributed by atoms with Crippen LogP contribution in [0.25, 0.3) is 22.6 Å². The van der Waals surface area contributed by atoms with Gasteiger partial charge in [-0.25, -0.2) is 14.8 Å². The third-order valence-electron chi connectivity index (χ3n) is 6.21. The fraction of sp³-hybridized carbons (Fsp3) is 0.200. The molecule has 1 atom stereocenters. The lowest BCUT2D eigenvalue weighted by Crippen LogP contribution is -2.41. The van der Waals surface area contributed by atoms with E-state index in [2.05, 4.69) is 56.5 Å². The van der Waals surface area contributed by atoms with E-state index >= 15 is 0 Å². The van der Waals surface area contributed by atoms with Crippen LogP contribution in [0.4, 0.5) is 22.5 Å². The monoisotopic (exact) mass is 618 g/mol. The Labute approximate surface area is 251 Å². The first kappa shape index (κ1) is 29.5. The highest BCUT2D eigenvalue weighted by Crippen LogP contribution is 2.24. The third-order valence-corrected chi connectivity index (χ3v) is 7.25. The van der Waals surface area contributed by atoms with Crippen molar-refractivity contribution in [1.29, 1.82) is 0 Å². The molecule has 0 aliphatic rings. The van der Waals surface area contributed by atoms with E-state index in [1.165, 1.54) is 12.3 Å². The van der Waals surface area contributed by atoms with Gasteiger partial charge in [0.05, 0.1) is 33.9 Å². The van der Waals surface area contributed by atoms with Crippen molar-refractivity contribution in [3.63, 3.8) is 0 Å². The van der Waals surface area contributed by atoms with Crippen molar-refractivity contribution in [2.45, 2.75) is 25.4 Å². The molecular formula is C25H26N14O4S. The molecule has 5 aromatic rings. The average molecular weight is 619 g/mol. The average Bonchev–Trinajstić information content (AvgIpc) is 3.70. The van der Waals surface area contributed by atoms with Gasteiger partial charge in [0.1, 0.15) is 6.04 Å². The van der Waals surface area contributed by atoms with E-state index in [0.29, 0.717) is 32.3 Å². The number of carboxylic acid groups (broad SMARTS) is 1. The topological polar surface area (TPSA) is 292 Å². The van der Waals surface area contributed by atoms with Crippen molar-refractivity contribution in [1.82, 2.24) is 51.2 Å². The highest BCUT2D eigenvalue weighted by molar-refractivity contribution is 7.17. The quantitative estimate of drug-likeness (QED) is 0.0694. The molecule has 11 N–H and O–H groups in total. The van der Waals surface area contributed by atoms with Gasteiger partial charge in [0.25, 0.3) is 11.8 Å². The Morgan fingerprint density at radius 2 is 1.89 bits per heavy atom. The number of nitrogens with one attached hydrogen (secondary N) is 4. The number of nitrogen functional groups attached to an aromatic ring is 3. The van der Waals surface area contributed by atoms with Gasteiger partial charge in [-0.05, 0) is 48.4 Å². The standard InChI is InChI=1S/C25H26N14O4S/c26-11-3-4-13(14(8-11)20-36-38-39-37-20)22(40)29-7-1-2-15(24(42)43)33-23(41)16-5-6-17(44-16)30-9-12-10-31-21-18(32-12)19(27)34-25(28)35-21/h3-6,8,10,15,30H,1-2,7,9,26H2,(H,29,40)(H,33,41)(H,42,43)(H,36,37,38,39)(H4,27,28,31,34,35)/t15-/m0/s1. The highest BCUT2D eigenvalue weighted by Gasteiger charge is 2.22. The smallest absolute Gasteiger partial charge is 0.326 e. The van der Waals surface area contributed by atoms with Gasteiger partial charge in [0.2, 0.25) is 11.8 Å². The van der Waals surface area contributed by atoms with E-state index in [0.717, 1.165) is 11.3 Å². The molecule has 1 aromatic carbocycles. The molecule has 0 unspecified atom stereocenters. The maximum atomic E-state index is 12.8. The number of aromatic nitrogens is 8. The first-order valence-electron chi connectivity index (χ1n) is 13.0. The number of nitrogens with zero attached hydrogens (tertiary/aromatic N) is 7. The number of benzene rings is 1. The summed E-state index contributed by atoms with van der Waals surface area (Å²) in [6.45, 7) is 0.426. The summed E-state index contributed by atoms with van der Waals surface area (Å²) in [6.07, 6.45) is 1.88. The largest absolute Gasteiger partial charge is 0.480 e. The van der Waals surface area contributed by atoms with Crippen molar-refractivity contribution < 1.29 is 19.5 Å². The van der Waals surface area contributed by atoms with Gasteiger partial charge >= 0.3 is 5.97 Å². The van der Waals surface area contributed by atoms with E-state index in [9.17, 15) is 19.5 Å². The minimum Gasteiger partial charge on any atom is -0.480 e. The summed E-state index contributed by atoms with van der Waals surface area (Å²) >= 11 is 1.14. The minimum absolute atomic E-state index is 0.00199. The number of nitrogens with two attached hydrogens (primary N) is 3. The summed E-state index contributed by atoms with van der Waals surface area (Å²) in [5.41, 5.74) is 19.5. The Hall–Kier alpha value is -5.98. The molecule has 0 saturated carbocycles. The number of carbonyl (C=O) groups is 3. The summed E-state index contributed by atoms with van der Waals surface area (Å²) < 4.78 is 0. The van der Waals surface area contributed by atoms with Gasteiger partial charge in [0, 0.05) is 17.8 Å². The fourth-order valence-corrected chi connectivity index (χ4v) is 4.92. The van der Waals surface area contributed by atoms with Crippen molar-refractivity contribution in [2.75, 3.05) is 29.1 Å². The normalized spacial score (nSPS) is 11.6. The molecular weight excluding hydrogens is 592 g/mol. The molecule has 0 saturated heterocycles. The summed E-state index contributed by atoms with van der Waals surface area (Å²) in [5.74, 6) is -1.84. The zero-order valence-corrected chi connectivity index (χ0v) is 23.6. The molecule has 4 heterocycles. The maximum Gasteiger partial charge on any atom is 0.326 e. The first-order valence-corrected chi connectivity index (χ1v) is 13.8. The number of carbonyl (C=O) groups excluding carboxylic acids is 2. The number of thiophene rings is 1. The Bertz CT molecular complexity index is 1830. The summed E-state index contributed by atoms with van der Waals surface area (Å²) in [7, 11) is 0. The number of hydrogen-bond acceptors (Lipinski definition) is 15. The molecule has 0 radical (unpaired) electrons. The Balaban J connectivity index is 1.12.